The molecule has 3 heteroatoms. The van der Waals surface area contributed by atoms with Crippen LogP contribution < -0.4 is 0 Å². The molecule has 1 N–H and O–H groups in total. The molecule has 0 saturated carbocycles. The van der Waals surface area contributed by atoms with Crippen molar-refractivity contribution in [3.63, 3.8) is 0 Å². The van der Waals surface area contributed by atoms with E-state index in [4.69, 9.17) is 10.5 Å². The van der Waals surface area contributed by atoms with E-state index in [1.807, 2.05) is 0 Å². The Labute approximate surface area is 48.1 Å². The van der Waals surface area contributed by atoms with E-state index in [9.17, 15) is 0 Å². The largest absolute Gasteiger partial charge is 0.314 e. The molecule has 1 fully saturated rings. The van der Waals surface area contributed by atoms with Gasteiger partial charge in [-0.3, -0.25) is 0 Å². The molecule has 0 radical (unpaired) electrons. The van der Waals surface area contributed by atoms with E-state index in [1.165, 1.54) is 5.06 Å². The number of hydroxylamine groups is 2. The van der Waals surface area contributed by atoms with Crippen LogP contribution in [0.2, 0.25) is 0 Å². The zero-order valence-electron chi connectivity index (χ0n) is 4.54. The van der Waals surface area contributed by atoms with Gasteiger partial charge in [-0.15, -0.1) is 0 Å². The third-order valence-corrected chi connectivity index (χ3v) is 1.35. The molecule has 1 unspecified atom stereocenters. The van der Waals surface area contributed by atoms with Gasteiger partial charge >= 0.3 is 0 Å². The van der Waals surface area contributed by atoms with Crippen molar-refractivity contribution in [2.75, 3.05) is 13.1 Å². The first-order valence-corrected chi connectivity index (χ1v) is 2.66. The van der Waals surface area contributed by atoms with Gasteiger partial charge < -0.3 is 5.21 Å². The van der Waals surface area contributed by atoms with Gasteiger partial charge in [0.2, 0.25) is 0 Å². The average Bonchev–Trinajstić information content (AvgIpc) is 2.14. The molecule has 0 aliphatic carbocycles. The quantitative estimate of drug-likeness (QED) is 0.487. The van der Waals surface area contributed by atoms with Crippen molar-refractivity contribution in [2.24, 2.45) is 5.92 Å². The second kappa shape index (κ2) is 2.12. The summed E-state index contributed by atoms with van der Waals surface area (Å²) in [6, 6.07) is 2.09. The van der Waals surface area contributed by atoms with Crippen LogP contribution in [-0.2, 0) is 0 Å². The Morgan fingerprint density at radius 2 is 2.50 bits per heavy atom. The van der Waals surface area contributed by atoms with E-state index in [1.54, 1.807) is 0 Å². The number of rotatable bonds is 0. The van der Waals surface area contributed by atoms with Crippen molar-refractivity contribution in [1.29, 1.82) is 5.26 Å². The number of hydrogen-bond acceptors (Lipinski definition) is 3. The van der Waals surface area contributed by atoms with E-state index in [0.29, 0.717) is 13.1 Å². The molecule has 1 rings (SSSR count). The maximum atomic E-state index is 8.71. The van der Waals surface area contributed by atoms with Crippen LogP contribution in [0.3, 0.4) is 0 Å². The van der Waals surface area contributed by atoms with Crippen LogP contribution in [0.1, 0.15) is 6.42 Å². The molecule has 1 atom stereocenters. The fourth-order valence-electron chi connectivity index (χ4n) is 0.847. The Hall–Kier alpha value is -0.590. The second-order valence-corrected chi connectivity index (χ2v) is 2.03. The normalized spacial score (nSPS) is 30.2. The summed E-state index contributed by atoms with van der Waals surface area (Å²) in [5.74, 6) is 0.0556. The lowest BCUT2D eigenvalue weighted by atomic mass is 10.1. The SMILES string of the molecule is N#CC1CCN(O)C1. The zero-order valence-corrected chi connectivity index (χ0v) is 4.54. The van der Waals surface area contributed by atoms with Crippen LogP contribution in [0, 0.1) is 17.2 Å². The summed E-state index contributed by atoms with van der Waals surface area (Å²) >= 11 is 0. The van der Waals surface area contributed by atoms with Gasteiger partial charge in [-0.25, -0.2) is 0 Å². The molecule has 0 bridgehead atoms. The monoisotopic (exact) mass is 112 g/mol. The van der Waals surface area contributed by atoms with Gasteiger partial charge in [-0.05, 0) is 6.42 Å². The summed E-state index contributed by atoms with van der Waals surface area (Å²) in [7, 11) is 0. The molecule has 0 aromatic heterocycles. The summed E-state index contributed by atoms with van der Waals surface area (Å²) < 4.78 is 0. The topological polar surface area (TPSA) is 47.3 Å². The molecule has 1 saturated heterocycles. The fourth-order valence-corrected chi connectivity index (χ4v) is 0.847. The number of nitriles is 1. The Bertz CT molecular complexity index is 118. The highest BCUT2D eigenvalue weighted by molar-refractivity contribution is 4.88. The van der Waals surface area contributed by atoms with Crippen molar-refractivity contribution in [3.05, 3.63) is 0 Å². The van der Waals surface area contributed by atoms with Gasteiger partial charge in [0.05, 0.1) is 12.0 Å². The third-order valence-electron chi connectivity index (χ3n) is 1.35. The van der Waals surface area contributed by atoms with E-state index in [0.717, 1.165) is 6.42 Å². The summed E-state index contributed by atoms with van der Waals surface area (Å²) in [5, 5.41) is 18.2. The molecule has 3 nitrogen and oxygen atoms in total. The van der Waals surface area contributed by atoms with Crippen molar-refractivity contribution >= 4 is 0 Å². The number of hydrogen-bond donors (Lipinski definition) is 1. The van der Waals surface area contributed by atoms with Gasteiger partial charge in [0, 0.05) is 13.1 Å². The first-order valence-electron chi connectivity index (χ1n) is 2.66. The predicted octanol–water partition coefficient (Wildman–Crippen LogP) is 0.221. The van der Waals surface area contributed by atoms with Gasteiger partial charge in [0.25, 0.3) is 0 Å². The molecule has 1 aliphatic rings. The predicted molar refractivity (Wildman–Crippen MR) is 27.1 cm³/mol. The van der Waals surface area contributed by atoms with Crippen LogP contribution in [0.5, 0.6) is 0 Å². The lowest BCUT2D eigenvalue weighted by molar-refractivity contribution is -0.0698. The van der Waals surface area contributed by atoms with Gasteiger partial charge in [0.15, 0.2) is 0 Å². The first-order chi connectivity index (χ1) is 3.83. The second-order valence-electron chi connectivity index (χ2n) is 2.03. The van der Waals surface area contributed by atoms with E-state index >= 15 is 0 Å². The summed E-state index contributed by atoms with van der Waals surface area (Å²) in [6.45, 7) is 1.18. The standard InChI is InChI=1S/C5H8N2O/c6-3-5-1-2-7(8)4-5/h5,8H,1-2,4H2. The lowest BCUT2D eigenvalue weighted by Gasteiger charge is -2.00. The van der Waals surface area contributed by atoms with Gasteiger partial charge in [-0.1, -0.05) is 0 Å². The Balaban J connectivity index is 2.35. The minimum Gasteiger partial charge on any atom is -0.314 e. The molecule has 0 aromatic carbocycles. The third kappa shape index (κ3) is 0.971. The van der Waals surface area contributed by atoms with Crippen molar-refractivity contribution in [2.45, 2.75) is 6.42 Å². The minimum absolute atomic E-state index is 0.0556. The van der Waals surface area contributed by atoms with Gasteiger partial charge in [0.1, 0.15) is 0 Å². The average molecular weight is 112 g/mol. The van der Waals surface area contributed by atoms with Crippen LogP contribution in [0.4, 0.5) is 0 Å². The van der Waals surface area contributed by atoms with Crippen molar-refractivity contribution < 1.29 is 5.21 Å². The Morgan fingerprint density at radius 3 is 2.75 bits per heavy atom. The van der Waals surface area contributed by atoms with E-state index in [2.05, 4.69) is 6.07 Å². The molecule has 8 heavy (non-hydrogen) atoms. The van der Waals surface area contributed by atoms with Crippen LogP contribution in [0.25, 0.3) is 0 Å². The molecule has 0 amide bonds. The molecular weight excluding hydrogens is 104 g/mol. The van der Waals surface area contributed by atoms with Crippen LogP contribution >= 0.6 is 0 Å². The minimum atomic E-state index is 0.0556. The highest BCUT2D eigenvalue weighted by Gasteiger charge is 2.19. The molecule has 1 heterocycles. The van der Waals surface area contributed by atoms with E-state index in [-0.39, 0.29) is 5.92 Å². The highest BCUT2D eigenvalue weighted by atomic mass is 16.5. The molecule has 44 valence electrons. The van der Waals surface area contributed by atoms with Gasteiger partial charge in [-0.2, -0.15) is 10.3 Å². The fraction of sp³-hybridized carbons (Fsp3) is 0.800. The Kier molecular flexibility index (Phi) is 1.47. The maximum Gasteiger partial charge on any atom is 0.0670 e. The van der Waals surface area contributed by atoms with Crippen LogP contribution in [0.15, 0.2) is 0 Å². The summed E-state index contributed by atoms with van der Waals surface area (Å²) in [4.78, 5) is 0. The molecular formula is C5H8N2O. The first kappa shape index (κ1) is 5.54. The summed E-state index contributed by atoms with van der Waals surface area (Å²) in [6.07, 6.45) is 0.812. The number of nitrogens with zero attached hydrogens (tertiary/aromatic N) is 2. The van der Waals surface area contributed by atoms with Crippen LogP contribution in [-0.4, -0.2) is 23.4 Å². The molecule has 1 aliphatic heterocycles. The highest BCUT2D eigenvalue weighted by Crippen LogP contribution is 2.11. The zero-order chi connectivity index (χ0) is 5.98. The van der Waals surface area contributed by atoms with E-state index < -0.39 is 0 Å². The van der Waals surface area contributed by atoms with Crippen molar-refractivity contribution in [3.8, 4) is 6.07 Å². The molecule has 0 spiro atoms. The smallest absolute Gasteiger partial charge is 0.0670 e. The summed E-state index contributed by atoms with van der Waals surface area (Å²) in [5.41, 5.74) is 0. The van der Waals surface area contributed by atoms with Crippen molar-refractivity contribution in [1.82, 2.24) is 5.06 Å². The Morgan fingerprint density at radius 1 is 1.75 bits per heavy atom. The molecule has 0 aromatic rings. The lowest BCUT2D eigenvalue weighted by Crippen LogP contribution is -2.14. The maximum absolute atomic E-state index is 8.71.